The summed E-state index contributed by atoms with van der Waals surface area (Å²) in [6.45, 7) is 0.603. The van der Waals surface area contributed by atoms with Crippen LogP contribution in [0.15, 0.2) is 83.8 Å². The van der Waals surface area contributed by atoms with Gasteiger partial charge in [-0.1, -0.05) is 60.7 Å². The van der Waals surface area contributed by atoms with Gasteiger partial charge in [-0.15, -0.1) is 0 Å². The fourth-order valence-electron chi connectivity index (χ4n) is 2.82. The molecule has 0 aliphatic carbocycles. The average Bonchev–Trinajstić information content (AvgIpc) is 2.65. The van der Waals surface area contributed by atoms with E-state index in [1.807, 2.05) is 53.1 Å². The van der Waals surface area contributed by atoms with E-state index in [0.29, 0.717) is 23.4 Å². The molecule has 0 spiro atoms. The Labute approximate surface area is 139 Å². The highest BCUT2D eigenvalue weighted by atomic mass is 16.1. The molecule has 4 rings (SSSR count). The third kappa shape index (κ3) is 2.58. The Morgan fingerprint density at radius 1 is 0.833 bits per heavy atom. The van der Waals surface area contributed by atoms with Gasteiger partial charge in [0.15, 0.2) is 0 Å². The number of aromatic nitrogens is 3. The Kier molecular flexibility index (Phi) is 3.63. The van der Waals surface area contributed by atoms with Crippen LogP contribution in [0, 0.1) is 0 Å². The Balaban J connectivity index is 2.00. The average molecular weight is 313 g/mol. The highest BCUT2D eigenvalue weighted by Crippen LogP contribution is 2.20. The largest absolute Gasteiger partial charge is 0.305 e. The third-order valence-electron chi connectivity index (χ3n) is 3.95. The lowest BCUT2D eigenvalue weighted by molar-refractivity contribution is 0.798. The van der Waals surface area contributed by atoms with E-state index in [0.717, 1.165) is 11.1 Å². The fourth-order valence-corrected chi connectivity index (χ4v) is 2.82. The molecule has 4 nitrogen and oxygen atoms in total. The molecule has 116 valence electrons. The van der Waals surface area contributed by atoms with Gasteiger partial charge in [0.05, 0.1) is 11.9 Å². The molecule has 0 amide bonds. The van der Waals surface area contributed by atoms with Crippen LogP contribution in [0.3, 0.4) is 0 Å². The number of fused-ring (bicyclic) bond motifs is 1. The second-order valence-electron chi connectivity index (χ2n) is 5.55. The van der Waals surface area contributed by atoms with Crippen LogP contribution in [0.2, 0.25) is 0 Å². The maximum absolute atomic E-state index is 12.4. The zero-order valence-corrected chi connectivity index (χ0v) is 13.0. The molecule has 0 saturated carbocycles. The fraction of sp³-hybridized carbons (Fsp3) is 0.0500. The molecule has 4 aromatic rings. The van der Waals surface area contributed by atoms with Crippen molar-refractivity contribution in [3.8, 4) is 11.4 Å². The van der Waals surface area contributed by atoms with Gasteiger partial charge < -0.3 is 4.57 Å². The summed E-state index contributed by atoms with van der Waals surface area (Å²) in [6.07, 6.45) is 1.71. The monoisotopic (exact) mass is 313 g/mol. The second-order valence-corrected chi connectivity index (χ2v) is 5.55. The van der Waals surface area contributed by atoms with Crippen LogP contribution in [0.5, 0.6) is 0 Å². The van der Waals surface area contributed by atoms with E-state index in [4.69, 9.17) is 0 Å². The quantitative estimate of drug-likeness (QED) is 0.581. The van der Waals surface area contributed by atoms with Gasteiger partial charge in [-0.2, -0.15) is 4.98 Å². The summed E-state index contributed by atoms with van der Waals surface area (Å²) < 4.78 is 2.00. The Morgan fingerprint density at radius 3 is 2.29 bits per heavy atom. The van der Waals surface area contributed by atoms with Crippen LogP contribution < -0.4 is 5.56 Å². The molecule has 24 heavy (non-hydrogen) atoms. The number of hydrogen-bond donors (Lipinski definition) is 0. The van der Waals surface area contributed by atoms with Crippen LogP contribution in [-0.4, -0.2) is 14.5 Å². The van der Waals surface area contributed by atoms with Crippen molar-refractivity contribution in [2.24, 2.45) is 0 Å². The van der Waals surface area contributed by atoms with Crippen molar-refractivity contribution in [1.29, 1.82) is 0 Å². The maximum Gasteiger partial charge on any atom is 0.282 e. The molecule has 2 aromatic heterocycles. The molecule has 2 aromatic carbocycles. The first-order chi connectivity index (χ1) is 11.8. The molecule has 0 fully saturated rings. The number of rotatable bonds is 3. The lowest BCUT2D eigenvalue weighted by Gasteiger charge is -2.15. The molecule has 0 N–H and O–H groups in total. The summed E-state index contributed by atoms with van der Waals surface area (Å²) in [5.41, 5.74) is 2.44. The first kappa shape index (κ1) is 14.3. The molecule has 4 heteroatoms. The predicted octanol–water partition coefficient (Wildman–Crippen LogP) is 3.51. The first-order valence-corrected chi connectivity index (χ1v) is 7.78. The van der Waals surface area contributed by atoms with Crippen LogP contribution in [0.1, 0.15) is 5.56 Å². The molecule has 0 aliphatic heterocycles. The maximum atomic E-state index is 12.4. The number of benzene rings is 2. The third-order valence-corrected chi connectivity index (χ3v) is 3.95. The second kappa shape index (κ2) is 6.08. The van der Waals surface area contributed by atoms with Crippen molar-refractivity contribution < 1.29 is 0 Å². The zero-order chi connectivity index (χ0) is 16.4. The SMILES string of the molecule is O=c1nc(-c2ccccc2)n(Cc2ccccc2)c2ncccc12. The highest BCUT2D eigenvalue weighted by molar-refractivity contribution is 5.76. The van der Waals surface area contributed by atoms with E-state index in [1.165, 1.54) is 0 Å². The van der Waals surface area contributed by atoms with Crippen molar-refractivity contribution in [3.05, 3.63) is 94.9 Å². The molecular weight excluding hydrogens is 298 g/mol. The Morgan fingerprint density at radius 2 is 1.54 bits per heavy atom. The molecule has 0 saturated heterocycles. The van der Waals surface area contributed by atoms with E-state index in [9.17, 15) is 4.79 Å². The van der Waals surface area contributed by atoms with Gasteiger partial charge in [0.1, 0.15) is 11.5 Å². The van der Waals surface area contributed by atoms with Crippen LogP contribution in [-0.2, 0) is 6.54 Å². The molecule has 0 atom stereocenters. The summed E-state index contributed by atoms with van der Waals surface area (Å²) in [5.74, 6) is 0.635. The number of pyridine rings is 1. The molecule has 2 heterocycles. The van der Waals surface area contributed by atoms with Crippen molar-refractivity contribution in [2.45, 2.75) is 6.54 Å². The van der Waals surface area contributed by atoms with Crippen molar-refractivity contribution in [2.75, 3.05) is 0 Å². The molecule has 0 bridgehead atoms. The highest BCUT2D eigenvalue weighted by Gasteiger charge is 2.13. The predicted molar refractivity (Wildman–Crippen MR) is 94.8 cm³/mol. The van der Waals surface area contributed by atoms with Gasteiger partial charge in [0, 0.05) is 11.8 Å². The van der Waals surface area contributed by atoms with Crippen LogP contribution in [0.25, 0.3) is 22.4 Å². The van der Waals surface area contributed by atoms with Gasteiger partial charge >= 0.3 is 0 Å². The summed E-state index contributed by atoms with van der Waals surface area (Å²) in [4.78, 5) is 21.2. The number of nitrogens with zero attached hydrogens (tertiary/aromatic N) is 3. The minimum Gasteiger partial charge on any atom is -0.305 e. The van der Waals surface area contributed by atoms with Gasteiger partial charge in [-0.3, -0.25) is 4.79 Å². The number of hydrogen-bond acceptors (Lipinski definition) is 3. The van der Waals surface area contributed by atoms with Crippen molar-refractivity contribution >= 4 is 11.0 Å². The topological polar surface area (TPSA) is 47.8 Å². The lowest BCUT2D eigenvalue weighted by atomic mass is 10.1. The minimum absolute atomic E-state index is 0.249. The van der Waals surface area contributed by atoms with E-state index in [1.54, 1.807) is 18.3 Å². The summed E-state index contributed by atoms with van der Waals surface area (Å²) >= 11 is 0. The normalized spacial score (nSPS) is 10.8. The Hall–Kier alpha value is -3.27. The summed E-state index contributed by atoms with van der Waals surface area (Å²) in [7, 11) is 0. The molecule has 0 unspecified atom stereocenters. The van der Waals surface area contributed by atoms with Gasteiger partial charge in [-0.05, 0) is 17.7 Å². The standard InChI is InChI=1S/C20H15N3O/c24-20-17-12-7-13-21-19(17)23(14-15-8-3-1-4-9-15)18(22-20)16-10-5-2-6-11-16/h1-13H,14H2. The van der Waals surface area contributed by atoms with Gasteiger partial charge in [-0.25, -0.2) is 4.98 Å². The van der Waals surface area contributed by atoms with E-state index >= 15 is 0 Å². The van der Waals surface area contributed by atoms with Gasteiger partial charge in [0.25, 0.3) is 5.56 Å². The van der Waals surface area contributed by atoms with Crippen molar-refractivity contribution in [1.82, 2.24) is 14.5 Å². The zero-order valence-electron chi connectivity index (χ0n) is 13.0. The summed E-state index contributed by atoms with van der Waals surface area (Å²) in [6, 6.07) is 23.4. The molecular formula is C20H15N3O. The first-order valence-electron chi connectivity index (χ1n) is 7.78. The smallest absolute Gasteiger partial charge is 0.282 e. The van der Waals surface area contributed by atoms with Crippen LogP contribution in [0.4, 0.5) is 0 Å². The van der Waals surface area contributed by atoms with Crippen molar-refractivity contribution in [3.63, 3.8) is 0 Å². The minimum atomic E-state index is -0.249. The lowest BCUT2D eigenvalue weighted by Crippen LogP contribution is -2.18. The molecule has 0 radical (unpaired) electrons. The Bertz CT molecular complexity index is 1040. The van der Waals surface area contributed by atoms with E-state index in [-0.39, 0.29) is 5.56 Å². The molecule has 0 aliphatic rings. The van der Waals surface area contributed by atoms with E-state index < -0.39 is 0 Å². The van der Waals surface area contributed by atoms with Crippen LogP contribution >= 0.6 is 0 Å². The summed E-state index contributed by atoms with van der Waals surface area (Å²) in [5, 5.41) is 0.535. The van der Waals surface area contributed by atoms with E-state index in [2.05, 4.69) is 22.1 Å². The van der Waals surface area contributed by atoms with Gasteiger partial charge in [0.2, 0.25) is 0 Å².